The highest BCUT2D eigenvalue weighted by Crippen LogP contribution is 2.64. The van der Waals surface area contributed by atoms with Crippen LogP contribution >= 0.6 is 0 Å². The van der Waals surface area contributed by atoms with Crippen molar-refractivity contribution >= 4 is 5.91 Å². The van der Waals surface area contributed by atoms with Gasteiger partial charge in [0.1, 0.15) is 0 Å². The van der Waals surface area contributed by atoms with Crippen LogP contribution in [0.25, 0.3) is 0 Å². The molecule has 0 radical (unpaired) electrons. The minimum atomic E-state index is -4.60. The zero-order valence-corrected chi connectivity index (χ0v) is 13.6. The SMILES string of the molecule is O=C(NCC1CC2(C1)CC(F)(F)C2)c1ccc(C2(C(F)(F)F)N=N2)cc1. The predicted molar refractivity (Wildman–Crippen MR) is 80.7 cm³/mol. The molecule has 9 heteroatoms. The number of nitrogens with one attached hydrogen (secondary N) is 1. The Hall–Kier alpha value is -2.06. The van der Waals surface area contributed by atoms with Gasteiger partial charge in [0.25, 0.3) is 5.91 Å². The molecular weight excluding hydrogens is 357 g/mol. The van der Waals surface area contributed by atoms with E-state index in [1.807, 2.05) is 0 Å². The maximum Gasteiger partial charge on any atom is 0.442 e. The van der Waals surface area contributed by atoms with Crippen LogP contribution < -0.4 is 5.32 Å². The number of benzene rings is 1. The summed E-state index contributed by atoms with van der Waals surface area (Å²) < 4.78 is 64.7. The maximum absolute atomic E-state index is 13.0. The molecule has 3 aliphatic rings. The summed E-state index contributed by atoms with van der Waals surface area (Å²) in [5.41, 5.74) is -2.64. The monoisotopic (exact) mass is 373 g/mol. The molecule has 140 valence electrons. The minimum absolute atomic E-state index is 0.0665. The van der Waals surface area contributed by atoms with Crippen LogP contribution in [0.5, 0.6) is 0 Å². The second-order valence-electron chi connectivity index (χ2n) is 7.64. The molecule has 2 saturated carbocycles. The van der Waals surface area contributed by atoms with Crippen molar-refractivity contribution in [2.45, 2.75) is 43.4 Å². The normalized spacial score (nSPS) is 24.7. The van der Waals surface area contributed by atoms with Gasteiger partial charge in [-0.15, -0.1) is 10.2 Å². The molecule has 1 spiro atoms. The second-order valence-corrected chi connectivity index (χ2v) is 7.64. The number of amides is 1. The molecule has 1 aromatic rings. The lowest BCUT2D eigenvalue weighted by molar-refractivity contribution is -0.205. The van der Waals surface area contributed by atoms with Gasteiger partial charge in [0.15, 0.2) is 0 Å². The first-order chi connectivity index (χ1) is 12.0. The Morgan fingerprint density at radius 2 is 1.69 bits per heavy atom. The topological polar surface area (TPSA) is 53.8 Å². The predicted octanol–water partition coefficient (Wildman–Crippen LogP) is 4.42. The zero-order valence-electron chi connectivity index (χ0n) is 13.6. The third kappa shape index (κ3) is 2.77. The Morgan fingerprint density at radius 1 is 1.12 bits per heavy atom. The van der Waals surface area contributed by atoms with Crippen molar-refractivity contribution in [3.8, 4) is 0 Å². The van der Waals surface area contributed by atoms with E-state index >= 15 is 0 Å². The number of nitrogens with zero attached hydrogens (tertiary/aromatic N) is 2. The third-order valence-electron chi connectivity index (χ3n) is 5.51. The molecule has 1 N–H and O–H groups in total. The van der Waals surface area contributed by atoms with Crippen LogP contribution in [0.15, 0.2) is 34.5 Å². The van der Waals surface area contributed by atoms with Gasteiger partial charge in [-0.3, -0.25) is 4.79 Å². The highest BCUT2D eigenvalue weighted by atomic mass is 19.4. The van der Waals surface area contributed by atoms with Gasteiger partial charge in [0.2, 0.25) is 5.92 Å². The van der Waals surface area contributed by atoms with Crippen LogP contribution in [-0.2, 0) is 5.66 Å². The van der Waals surface area contributed by atoms with E-state index in [0.717, 1.165) is 0 Å². The molecular formula is C17H16F5N3O. The Labute approximate surface area is 145 Å². The molecule has 0 bridgehead atoms. The zero-order chi connectivity index (χ0) is 18.8. The van der Waals surface area contributed by atoms with Gasteiger partial charge >= 0.3 is 11.8 Å². The fourth-order valence-corrected chi connectivity index (χ4v) is 4.28. The van der Waals surface area contributed by atoms with Crippen molar-refractivity contribution in [3.05, 3.63) is 35.4 Å². The summed E-state index contributed by atoms with van der Waals surface area (Å²) in [4.78, 5) is 12.1. The van der Waals surface area contributed by atoms with E-state index in [9.17, 15) is 26.7 Å². The average molecular weight is 373 g/mol. The minimum Gasteiger partial charge on any atom is -0.352 e. The summed E-state index contributed by atoms with van der Waals surface area (Å²) in [5.74, 6) is -2.77. The number of carbonyl (C=O) groups is 1. The first-order valence-corrected chi connectivity index (χ1v) is 8.32. The summed E-state index contributed by atoms with van der Waals surface area (Å²) in [6.45, 7) is 0.380. The summed E-state index contributed by atoms with van der Waals surface area (Å²) >= 11 is 0. The maximum atomic E-state index is 13.0. The molecule has 26 heavy (non-hydrogen) atoms. The van der Waals surface area contributed by atoms with E-state index in [-0.39, 0.29) is 35.3 Å². The van der Waals surface area contributed by atoms with Crippen molar-refractivity contribution in [2.75, 3.05) is 6.54 Å². The molecule has 0 saturated heterocycles. The second kappa shape index (κ2) is 5.23. The molecule has 2 aliphatic carbocycles. The number of rotatable bonds is 4. The van der Waals surface area contributed by atoms with Crippen LogP contribution in [0.4, 0.5) is 22.0 Å². The number of halogens is 5. The summed E-state index contributed by atoms with van der Waals surface area (Å²) in [7, 11) is 0. The third-order valence-corrected chi connectivity index (χ3v) is 5.51. The standard InChI is InChI=1S/C17H16F5N3O/c18-15(19)8-14(9-15)5-10(6-14)7-23-13(26)11-1-3-12(4-2-11)16(24-25-16)17(20,21)22/h1-4,10H,5-9H2,(H,23,26). The molecule has 4 nitrogen and oxygen atoms in total. The number of hydrogen-bond donors (Lipinski definition) is 1. The smallest absolute Gasteiger partial charge is 0.352 e. The lowest BCUT2D eigenvalue weighted by Crippen LogP contribution is -2.55. The highest BCUT2D eigenvalue weighted by Gasteiger charge is 2.65. The first-order valence-electron chi connectivity index (χ1n) is 8.32. The van der Waals surface area contributed by atoms with Gasteiger partial charge < -0.3 is 5.32 Å². The number of carbonyl (C=O) groups excluding carboxylic acids is 1. The van der Waals surface area contributed by atoms with Gasteiger partial charge in [-0.05, 0) is 36.3 Å². The number of hydrogen-bond acceptors (Lipinski definition) is 3. The quantitative estimate of drug-likeness (QED) is 0.781. The lowest BCUT2D eigenvalue weighted by Gasteiger charge is -2.57. The van der Waals surface area contributed by atoms with Gasteiger partial charge in [-0.25, -0.2) is 8.78 Å². The molecule has 2 fully saturated rings. The molecule has 0 unspecified atom stereocenters. The van der Waals surface area contributed by atoms with Crippen LogP contribution in [0.2, 0.25) is 0 Å². The van der Waals surface area contributed by atoms with Crippen LogP contribution in [0.3, 0.4) is 0 Å². The molecule has 1 aliphatic heterocycles. The van der Waals surface area contributed by atoms with Crippen LogP contribution in [0.1, 0.15) is 41.6 Å². The van der Waals surface area contributed by atoms with Gasteiger partial charge in [-0.1, -0.05) is 12.1 Å². The fraction of sp³-hybridized carbons (Fsp3) is 0.588. The van der Waals surface area contributed by atoms with E-state index in [1.54, 1.807) is 0 Å². The summed E-state index contributed by atoms with van der Waals surface area (Å²) in [5, 5.41) is 8.94. The van der Waals surface area contributed by atoms with Gasteiger partial charge in [0.05, 0.1) is 0 Å². The van der Waals surface area contributed by atoms with Gasteiger partial charge in [0, 0.05) is 30.5 Å². The van der Waals surface area contributed by atoms with Gasteiger partial charge in [-0.2, -0.15) is 13.2 Å². The lowest BCUT2D eigenvalue weighted by atomic mass is 9.50. The molecule has 1 aromatic carbocycles. The Kier molecular flexibility index (Phi) is 3.49. The number of alkyl halides is 5. The molecule has 1 amide bonds. The summed E-state index contributed by atoms with van der Waals surface area (Å²) in [6, 6.07) is 4.99. The van der Waals surface area contributed by atoms with E-state index in [1.165, 1.54) is 24.3 Å². The van der Waals surface area contributed by atoms with Crippen molar-refractivity contribution < 1.29 is 26.7 Å². The van der Waals surface area contributed by atoms with Crippen LogP contribution in [0, 0.1) is 11.3 Å². The van der Waals surface area contributed by atoms with E-state index < -0.39 is 23.7 Å². The Balaban J connectivity index is 1.28. The molecule has 4 rings (SSSR count). The van der Waals surface area contributed by atoms with E-state index in [2.05, 4.69) is 15.5 Å². The molecule has 0 atom stereocenters. The van der Waals surface area contributed by atoms with Crippen molar-refractivity contribution in [3.63, 3.8) is 0 Å². The van der Waals surface area contributed by atoms with Crippen molar-refractivity contribution in [1.82, 2.24) is 5.32 Å². The van der Waals surface area contributed by atoms with E-state index in [4.69, 9.17) is 0 Å². The molecule has 0 aromatic heterocycles. The fourth-order valence-electron chi connectivity index (χ4n) is 4.28. The van der Waals surface area contributed by atoms with Crippen molar-refractivity contribution in [1.29, 1.82) is 0 Å². The average Bonchev–Trinajstić information content (AvgIpc) is 3.29. The Bertz CT molecular complexity index is 750. The summed E-state index contributed by atoms with van der Waals surface area (Å²) in [6.07, 6.45) is -3.38. The largest absolute Gasteiger partial charge is 0.442 e. The van der Waals surface area contributed by atoms with E-state index in [0.29, 0.717) is 19.4 Å². The first kappa shape index (κ1) is 17.4. The van der Waals surface area contributed by atoms with Crippen LogP contribution in [-0.4, -0.2) is 24.6 Å². The molecule has 1 heterocycles. The highest BCUT2D eigenvalue weighted by molar-refractivity contribution is 5.94. The Morgan fingerprint density at radius 3 is 2.15 bits per heavy atom. The van der Waals surface area contributed by atoms with Crippen molar-refractivity contribution in [2.24, 2.45) is 21.6 Å².